The Kier molecular flexibility index (Phi) is 5.36. The summed E-state index contributed by atoms with van der Waals surface area (Å²) in [6.45, 7) is 3.67. The van der Waals surface area contributed by atoms with Crippen LogP contribution in [0.15, 0.2) is 24.3 Å². The summed E-state index contributed by atoms with van der Waals surface area (Å²) in [5.41, 5.74) is -1.47. The van der Waals surface area contributed by atoms with Gasteiger partial charge in [-0.25, -0.2) is 8.42 Å². The number of pyridine rings is 1. The van der Waals surface area contributed by atoms with Gasteiger partial charge in [-0.2, -0.15) is 17.5 Å². The van der Waals surface area contributed by atoms with E-state index in [4.69, 9.17) is 0 Å². The van der Waals surface area contributed by atoms with Gasteiger partial charge in [-0.05, 0) is 37.8 Å². The molecule has 0 aliphatic carbocycles. The maximum Gasteiger partial charge on any atom is 0.511 e. The molecule has 3 rings (SSSR count). The van der Waals surface area contributed by atoms with Gasteiger partial charge in [-0.15, -0.1) is 0 Å². The zero-order valence-electron chi connectivity index (χ0n) is 15.2. The smallest absolute Gasteiger partial charge is 0.381 e. The fourth-order valence-electron chi connectivity index (χ4n) is 3.56. The molecule has 1 saturated heterocycles. The number of anilines is 1. The fourth-order valence-corrected chi connectivity index (χ4v) is 4.55. The minimum atomic E-state index is -5.25. The number of hydrogen-bond donors (Lipinski definition) is 1. The first-order valence-corrected chi connectivity index (χ1v) is 10.3. The SMILES string of the molecule is CCc1c(C)nc2ccccc2c1NC1CCN(S(=O)(=O)C(F)(F)F)CC1. The van der Waals surface area contributed by atoms with E-state index >= 15 is 0 Å². The van der Waals surface area contributed by atoms with Gasteiger partial charge in [0, 0.05) is 35.9 Å². The van der Waals surface area contributed by atoms with Crippen LogP contribution in [0.5, 0.6) is 0 Å². The van der Waals surface area contributed by atoms with Gasteiger partial charge in [0.25, 0.3) is 0 Å². The van der Waals surface area contributed by atoms with Gasteiger partial charge in [-0.1, -0.05) is 25.1 Å². The Bertz CT molecular complexity index is 937. The number of para-hydroxylation sites is 1. The van der Waals surface area contributed by atoms with Gasteiger partial charge < -0.3 is 5.32 Å². The molecular formula is C18H22F3N3O2S. The van der Waals surface area contributed by atoms with Crippen LogP contribution in [0.1, 0.15) is 31.0 Å². The molecule has 1 fully saturated rings. The minimum Gasteiger partial charge on any atom is -0.381 e. The molecule has 0 spiro atoms. The Labute approximate surface area is 156 Å². The van der Waals surface area contributed by atoms with Gasteiger partial charge in [-0.3, -0.25) is 4.98 Å². The average Bonchev–Trinajstić information content (AvgIpc) is 2.61. The number of halogens is 3. The van der Waals surface area contributed by atoms with Crippen LogP contribution in [0.4, 0.5) is 18.9 Å². The minimum absolute atomic E-state index is 0.0970. The van der Waals surface area contributed by atoms with E-state index in [1.165, 1.54) is 0 Å². The molecule has 0 atom stereocenters. The number of nitrogens with one attached hydrogen (secondary N) is 1. The first-order chi connectivity index (χ1) is 12.6. The van der Waals surface area contributed by atoms with Crippen LogP contribution in [0.3, 0.4) is 0 Å². The molecule has 2 aromatic rings. The highest BCUT2D eigenvalue weighted by Crippen LogP contribution is 2.33. The van der Waals surface area contributed by atoms with Crippen molar-refractivity contribution < 1.29 is 21.6 Å². The Morgan fingerprint density at radius 3 is 2.44 bits per heavy atom. The van der Waals surface area contributed by atoms with E-state index in [-0.39, 0.29) is 19.1 Å². The maximum atomic E-state index is 12.7. The number of aryl methyl sites for hydroxylation is 1. The lowest BCUT2D eigenvalue weighted by Crippen LogP contribution is -2.47. The zero-order chi connectivity index (χ0) is 19.8. The summed E-state index contributed by atoms with van der Waals surface area (Å²) in [6.07, 6.45) is 1.40. The van der Waals surface area contributed by atoms with Gasteiger partial charge >= 0.3 is 15.5 Å². The van der Waals surface area contributed by atoms with Crippen molar-refractivity contribution in [1.82, 2.24) is 9.29 Å². The van der Waals surface area contributed by atoms with Crippen molar-refractivity contribution >= 4 is 26.6 Å². The number of aromatic nitrogens is 1. The maximum absolute atomic E-state index is 12.7. The first kappa shape index (κ1) is 19.9. The summed E-state index contributed by atoms with van der Waals surface area (Å²) in [5.74, 6) is 0. The van der Waals surface area contributed by atoms with E-state index in [0.29, 0.717) is 17.1 Å². The summed E-state index contributed by atoms with van der Waals surface area (Å²) in [5, 5.41) is 4.42. The summed E-state index contributed by atoms with van der Waals surface area (Å²) in [7, 11) is -5.25. The van der Waals surface area contributed by atoms with Gasteiger partial charge in [0.15, 0.2) is 0 Å². The molecule has 1 aliphatic heterocycles. The Morgan fingerprint density at radius 1 is 1.22 bits per heavy atom. The number of rotatable bonds is 4. The molecular weight excluding hydrogens is 379 g/mol. The van der Waals surface area contributed by atoms with Crippen molar-refractivity contribution in [3.63, 3.8) is 0 Å². The number of fused-ring (bicyclic) bond motifs is 1. The molecule has 1 aromatic carbocycles. The Morgan fingerprint density at radius 2 is 1.85 bits per heavy atom. The van der Waals surface area contributed by atoms with Crippen molar-refractivity contribution in [1.29, 1.82) is 0 Å². The lowest BCUT2D eigenvalue weighted by atomic mass is 10.0. The second-order valence-corrected chi connectivity index (χ2v) is 8.62. The van der Waals surface area contributed by atoms with Crippen molar-refractivity contribution in [2.75, 3.05) is 18.4 Å². The van der Waals surface area contributed by atoms with Crippen LogP contribution in [-0.2, 0) is 16.4 Å². The van der Waals surface area contributed by atoms with E-state index in [0.717, 1.165) is 34.3 Å². The third kappa shape index (κ3) is 3.75. The second-order valence-electron chi connectivity index (χ2n) is 6.69. The van der Waals surface area contributed by atoms with Crippen LogP contribution in [0.2, 0.25) is 0 Å². The van der Waals surface area contributed by atoms with E-state index in [1.807, 2.05) is 38.1 Å². The second kappa shape index (κ2) is 7.27. The highest BCUT2D eigenvalue weighted by Gasteiger charge is 2.50. The van der Waals surface area contributed by atoms with E-state index in [1.54, 1.807) is 0 Å². The van der Waals surface area contributed by atoms with Crippen molar-refractivity contribution in [3.05, 3.63) is 35.5 Å². The summed E-state index contributed by atoms with van der Waals surface area (Å²) in [4.78, 5) is 4.62. The third-order valence-electron chi connectivity index (χ3n) is 4.99. The monoisotopic (exact) mass is 401 g/mol. The Hall–Kier alpha value is -1.87. The largest absolute Gasteiger partial charge is 0.511 e. The Balaban J connectivity index is 1.82. The number of nitrogens with zero attached hydrogens (tertiary/aromatic N) is 2. The molecule has 0 bridgehead atoms. The highest BCUT2D eigenvalue weighted by atomic mass is 32.2. The molecule has 5 nitrogen and oxygen atoms in total. The number of benzene rings is 1. The quantitative estimate of drug-likeness (QED) is 0.846. The molecule has 1 aliphatic rings. The van der Waals surface area contributed by atoms with Gasteiger partial charge in [0.1, 0.15) is 0 Å². The predicted molar refractivity (Wildman–Crippen MR) is 99.1 cm³/mol. The molecule has 1 N–H and O–H groups in total. The normalized spacial score (nSPS) is 17.4. The molecule has 0 radical (unpaired) electrons. The molecule has 0 unspecified atom stereocenters. The number of sulfonamides is 1. The van der Waals surface area contributed by atoms with E-state index in [2.05, 4.69) is 10.3 Å². The van der Waals surface area contributed by atoms with Gasteiger partial charge in [0.05, 0.1) is 5.52 Å². The van der Waals surface area contributed by atoms with Crippen LogP contribution >= 0.6 is 0 Å². The zero-order valence-corrected chi connectivity index (χ0v) is 16.0. The van der Waals surface area contributed by atoms with Crippen LogP contribution < -0.4 is 5.32 Å². The molecule has 27 heavy (non-hydrogen) atoms. The van der Waals surface area contributed by atoms with Crippen molar-refractivity contribution in [2.45, 2.75) is 44.7 Å². The van der Waals surface area contributed by atoms with E-state index in [9.17, 15) is 21.6 Å². The summed E-state index contributed by atoms with van der Waals surface area (Å²) >= 11 is 0. The predicted octanol–water partition coefficient (Wildman–Crippen LogP) is 3.83. The number of hydrogen-bond acceptors (Lipinski definition) is 4. The molecule has 2 heterocycles. The standard InChI is InChI=1S/C18H22F3N3O2S/c1-3-14-12(2)22-16-7-5-4-6-15(16)17(14)23-13-8-10-24(11-9-13)27(25,26)18(19,20)21/h4-7,13H,3,8-11H2,1-2H3,(H,22,23). The van der Waals surface area contributed by atoms with Gasteiger partial charge in [0.2, 0.25) is 0 Å². The fraction of sp³-hybridized carbons (Fsp3) is 0.500. The molecule has 148 valence electrons. The first-order valence-electron chi connectivity index (χ1n) is 8.86. The average molecular weight is 401 g/mol. The molecule has 1 aromatic heterocycles. The van der Waals surface area contributed by atoms with Crippen molar-refractivity contribution in [2.24, 2.45) is 0 Å². The van der Waals surface area contributed by atoms with E-state index < -0.39 is 15.5 Å². The third-order valence-corrected chi connectivity index (χ3v) is 6.62. The topological polar surface area (TPSA) is 62.3 Å². The van der Waals surface area contributed by atoms with Crippen LogP contribution in [0.25, 0.3) is 10.9 Å². The summed E-state index contributed by atoms with van der Waals surface area (Å²) in [6, 6.07) is 7.62. The highest BCUT2D eigenvalue weighted by molar-refractivity contribution is 7.90. The van der Waals surface area contributed by atoms with Crippen LogP contribution in [0, 0.1) is 6.92 Å². The lowest BCUT2D eigenvalue weighted by molar-refractivity contribution is -0.0494. The lowest BCUT2D eigenvalue weighted by Gasteiger charge is -2.33. The summed E-state index contributed by atoms with van der Waals surface area (Å²) < 4.78 is 61.8. The molecule has 0 saturated carbocycles. The number of alkyl halides is 3. The number of piperidine rings is 1. The van der Waals surface area contributed by atoms with Crippen molar-refractivity contribution in [3.8, 4) is 0 Å². The molecule has 9 heteroatoms. The molecule has 0 amide bonds. The van der Waals surface area contributed by atoms with Crippen LogP contribution in [-0.4, -0.2) is 42.3 Å².